The molecule has 0 aliphatic heterocycles. The molecule has 0 aliphatic rings. The summed E-state index contributed by atoms with van der Waals surface area (Å²) in [5, 5.41) is 1.22. The molecule has 0 saturated heterocycles. The molecule has 1 aromatic carbocycles. The topological polar surface area (TPSA) is 14.1 Å². The Morgan fingerprint density at radius 3 is 2.60 bits per heavy atom. The molecule has 0 amide bonds. The number of aromatic nitrogens is 1. The van der Waals surface area contributed by atoms with E-state index in [4.69, 9.17) is 0 Å². The number of para-hydroxylation sites is 1. The van der Waals surface area contributed by atoms with Crippen LogP contribution in [0.4, 0.5) is 0 Å². The van der Waals surface area contributed by atoms with Crippen molar-refractivity contribution in [2.75, 3.05) is 0 Å². The van der Waals surface area contributed by atoms with Gasteiger partial charge in [0.2, 0.25) is 0 Å². The Bertz CT molecular complexity index is 283. The molecule has 0 bridgehead atoms. The molecule has 10 heavy (non-hydrogen) atoms. The maximum absolute atomic E-state index is 4.12. The van der Waals surface area contributed by atoms with Crippen LogP contribution in [0.5, 0.6) is 0 Å². The van der Waals surface area contributed by atoms with Gasteiger partial charge in [0.15, 0.2) is 0 Å². The Morgan fingerprint density at radius 2 is 1.80 bits per heavy atom. The Labute approximate surface area is 72.2 Å². The zero-order valence-electron chi connectivity index (χ0n) is 5.26. The van der Waals surface area contributed by atoms with Gasteiger partial charge in [-0.2, -0.15) is 6.20 Å². The van der Waals surface area contributed by atoms with E-state index in [-0.39, 0.29) is 19.5 Å². The van der Waals surface area contributed by atoms with Crippen molar-refractivity contribution >= 4 is 10.9 Å². The fraction of sp³-hybridized carbons (Fsp3) is 0. The first-order chi connectivity index (χ1) is 4.47. The van der Waals surface area contributed by atoms with Crippen molar-refractivity contribution in [1.82, 2.24) is 4.98 Å². The smallest absolute Gasteiger partial charge is 0.664 e. The minimum atomic E-state index is 0. The average Bonchev–Trinajstić information content (AvgIpc) is 2.33. The number of hydrogen-bond donors (Lipinski definition) is 0. The SMILES string of the molecule is [Ru+].c1ccc2[n-]ccc2c1. The van der Waals surface area contributed by atoms with E-state index < -0.39 is 0 Å². The zero-order valence-corrected chi connectivity index (χ0v) is 7.00. The molecule has 0 spiro atoms. The van der Waals surface area contributed by atoms with E-state index in [0.717, 1.165) is 5.52 Å². The van der Waals surface area contributed by atoms with Gasteiger partial charge in [-0.1, -0.05) is 30.3 Å². The second-order valence-corrected chi connectivity index (χ2v) is 2.00. The maximum atomic E-state index is 4.12. The number of benzene rings is 1. The minimum absolute atomic E-state index is 0. The Kier molecular flexibility index (Phi) is 2.23. The van der Waals surface area contributed by atoms with E-state index in [9.17, 15) is 0 Å². The standard InChI is InChI=1S/C8H6N.Ru/c1-2-4-8-7(3-1)5-6-9-8;/h1-6H;/q-1;+1. The van der Waals surface area contributed by atoms with Crippen LogP contribution in [-0.4, -0.2) is 0 Å². The van der Waals surface area contributed by atoms with Crippen LogP contribution in [0.1, 0.15) is 0 Å². The molecule has 2 aromatic rings. The monoisotopic (exact) mass is 218 g/mol. The summed E-state index contributed by atoms with van der Waals surface area (Å²) >= 11 is 0. The van der Waals surface area contributed by atoms with Crippen molar-refractivity contribution in [2.45, 2.75) is 0 Å². The van der Waals surface area contributed by atoms with Crippen molar-refractivity contribution in [2.24, 2.45) is 0 Å². The van der Waals surface area contributed by atoms with E-state index in [1.807, 2.05) is 30.5 Å². The van der Waals surface area contributed by atoms with E-state index in [2.05, 4.69) is 11.1 Å². The van der Waals surface area contributed by atoms with Crippen molar-refractivity contribution < 1.29 is 19.5 Å². The minimum Gasteiger partial charge on any atom is -0.664 e. The largest absolute Gasteiger partial charge is 1.00 e. The summed E-state index contributed by atoms with van der Waals surface area (Å²) in [6.07, 6.45) is 1.82. The summed E-state index contributed by atoms with van der Waals surface area (Å²) < 4.78 is 0. The van der Waals surface area contributed by atoms with E-state index in [1.165, 1.54) is 5.39 Å². The Morgan fingerprint density at radius 1 is 1.00 bits per heavy atom. The van der Waals surface area contributed by atoms with Gasteiger partial charge in [-0.3, -0.25) is 0 Å². The summed E-state index contributed by atoms with van der Waals surface area (Å²) in [5.41, 5.74) is 1.08. The van der Waals surface area contributed by atoms with Crippen molar-refractivity contribution in [3.8, 4) is 0 Å². The summed E-state index contributed by atoms with van der Waals surface area (Å²) in [6, 6.07) is 10.1. The number of rotatable bonds is 0. The van der Waals surface area contributed by atoms with Gasteiger partial charge in [0.1, 0.15) is 0 Å². The normalized spacial score (nSPS) is 9.20. The molecule has 0 aliphatic carbocycles. The van der Waals surface area contributed by atoms with Crippen LogP contribution in [-0.2, 0) is 19.5 Å². The van der Waals surface area contributed by atoms with Gasteiger partial charge in [-0.15, -0.1) is 5.52 Å². The molecule has 0 atom stereocenters. The predicted octanol–water partition coefficient (Wildman–Crippen LogP) is 1.79. The molecule has 0 N–H and O–H groups in total. The molecule has 0 saturated carbocycles. The average molecular weight is 217 g/mol. The molecule has 2 rings (SSSR count). The molecule has 1 aromatic heterocycles. The number of nitrogens with zero attached hydrogens (tertiary/aromatic N) is 1. The summed E-state index contributed by atoms with van der Waals surface area (Å²) in [5.74, 6) is 0. The summed E-state index contributed by atoms with van der Waals surface area (Å²) in [6.45, 7) is 0. The van der Waals surface area contributed by atoms with E-state index >= 15 is 0 Å². The first-order valence-corrected chi connectivity index (χ1v) is 2.93. The molecule has 0 unspecified atom stereocenters. The fourth-order valence-electron chi connectivity index (χ4n) is 0.944. The van der Waals surface area contributed by atoms with Crippen molar-refractivity contribution in [3.05, 3.63) is 36.5 Å². The fourth-order valence-corrected chi connectivity index (χ4v) is 0.944. The van der Waals surface area contributed by atoms with E-state index in [0.29, 0.717) is 0 Å². The van der Waals surface area contributed by atoms with Gasteiger partial charge in [0.25, 0.3) is 0 Å². The maximum Gasteiger partial charge on any atom is 1.00 e. The van der Waals surface area contributed by atoms with Crippen LogP contribution in [0.15, 0.2) is 36.5 Å². The van der Waals surface area contributed by atoms with Crippen molar-refractivity contribution in [3.63, 3.8) is 0 Å². The third kappa shape index (κ3) is 1.12. The third-order valence-corrected chi connectivity index (χ3v) is 1.40. The van der Waals surface area contributed by atoms with Crippen LogP contribution >= 0.6 is 0 Å². The zero-order chi connectivity index (χ0) is 6.10. The second kappa shape index (κ2) is 2.98. The number of fused-ring (bicyclic) bond motifs is 1. The van der Waals surface area contributed by atoms with Gasteiger partial charge in [-0.05, 0) is 5.39 Å². The second-order valence-electron chi connectivity index (χ2n) is 2.00. The van der Waals surface area contributed by atoms with Gasteiger partial charge in [-0.25, -0.2) is 0 Å². The van der Waals surface area contributed by atoms with Gasteiger partial charge < -0.3 is 4.98 Å². The Balaban J connectivity index is 0.000000500. The van der Waals surface area contributed by atoms with E-state index in [1.54, 1.807) is 0 Å². The van der Waals surface area contributed by atoms with Gasteiger partial charge >= 0.3 is 19.5 Å². The first kappa shape index (κ1) is 7.49. The molecule has 0 fully saturated rings. The van der Waals surface area contributed by atoms with Crippen LogP contribution in [0, 0.1) is 0 Å². The van der Waals surface area contributed by atoms with Crippen LogP contribution in [0.2, 0.25) is 0 Å². The Hall–Kier alpha value is -0.617. The van der Waals surface area contributed by atoms with Crippen LogP contribution in [0.3, 0.4) is 0 Å². The third-order valence-electron chi connectivity index (χ3n) is 1.40. The molecule has 1 nitrogen and oxygen atoms in total. The molecule has 1 radical (unpaired) electrons. The molecular formula is C8H6NRu. The predicted molar refractivity (Wildman–Crippen MR) is 37.3 cm³/mol. The summed E-state index contributed by atoms with van der Waals surface area (Å²) in [7, 11) is 0. The van der Waals surface area contributed by atoms with Gasteiger partial charge in [0.05, 0.1) is 0 Å². The number of hydrogen-bond acceptors (Lipinski definition) is 0. The molecule has 51 valence electrons. The van der Waals surface area contributed by atoms with Crippen LogP contribution in [0.25, 0.3) is 10.9 Å². The molecule has 2 heteroatoms. The van der Waals surface area contributed by atoms with Crippen LogP contribution < -0.4 is 4.98 Å². The first-order valence-electron chi connectivity index (χ1n) is 2.93. The van der Waals surface area contributed by atoms with Gasteiger partial charge in [0, 0.05) is 0 Å². The molecular weight excluding hydrogens is 211 g/mol. The van der Waals surface area contributed by atoms with Crippen molar-refractivity contribution in [1.29, 1.82) is 0 Å². The quantitative estimate of drug-likeness (QED) is 0.614. The molecule has 1 heterocycles. The summed E-state index contributed by atoms with van der Waals surface area (Å²) in [4.78, 5) is 4.12.